The van der Waals surface area contributed by atoms with Gasteiger partial charge in [0.15, 0.2) is 14.6 Å². The number of aliphatic hydroxyl groups is 1. The zero-order chi connectivity index (χ0) is 22.1. The molecular weight excluding hydrogens is 412 g/mol. The monoisotopic (exact) mass is 436 g/mol. The Morgan fingerprint density at radius 1 is 1.33 bits per heavy atom. The standard InChI is InChI=1S/C20H24N2O7S/c1-20(18(24)21-26,30(2,27)28)11-17-12-22(19(25)29-17)15-7-5-13(6-8-15)3-4-14-9-16(23)10-14/h5-8,14,16-17,23,26H,9-12H2,1-2H3,(H,21,24)/t14-,16-,17-,20+/m0/s1. The van der Waals surface area contributed by atoms with Crippen LogP contribution < -0.4 is 10.4 Å². The summed E-state index contributed by atoms with van der Waals surface area (Å²) in [6, 6.07) is 6.94. The predicted molar refractivity (Wildman–Crippen MR) is 107 cm³/mol. The topological polar surface area (TPSA) is 133 Å². The van der Waals surface area contributed by atoms with Gasteiger partial charge in [0, 0.05) is 29.8 Å². The number of hydrogen-bond acceptors (Lipinski definition) is 7. The molecular formula is C20H24N2O7S. The lowest BCUT2D eigenvalue weighted by molar-refractivity contribution is -0.132. The van der Waals surface area contributed by atoms with E-state index in [-0.39, 0.29) is 25.0 Å². The van der Waals surface area contributed by atoms with Crippen molar-refractivity contribution in [3.8, 4) is 11.8 Å². The molecule has 1 aromatic rings. The largest absolute Gasteiger partial charge is 0.444 e. The van der Waals surface area contributed by atoms with Crippen LogP contribution in [0.5, 0.6) is 0 Å². The number of aliphatic hydroxyl groups excluding tert-OH is 1. The second-order valence-corrected chi connectivity index (χ2v) is 10.3. The van der Waals surface area contributed by atoms with Crippen LogP contribution >= 0.6 is 0 Å². The summed E-state index contributed by atoms with van der Waals surface area (Å²) in [5, 5.41) is 18.2. The van der Waals surface area contributed by atoms with E-state index in [1.165, 1.54) is 17.3 Å². The van der Waals surface area contributed by atoms with Gasteiger partial charge in [-0.1, -0.05) is 11.8 Å². The molecule has 0 radical (unpaired) electrons. The van der Waals surface area contributed by atoms with Gasteiger partial charge in [-0.15, -0.1) is 0 Å². The van der Waals surface area contributed by atoms with Crippen LogP contribution in [0.15, 0.2) is 24.3 Å². The average molecular weight is 436 g/mol. The van der Waals surface area contributed by atoms with Gasteiger partial charge in [-0.05, 0) is 44.0 Å². The number of carbonyl (C=O) groups excluding carboxylic acids is 2. The van der Waals surface area contributed by atoms with Crippen molar-refractivity contribution in [2.45, 2.75) is 43.1 Å². The van der Waals surface area contributed by atoms with E-state index in [4.69, 9.17) is 9.94 Å². The summed E-state index contributed by atoms with van der Waals surface area (Å²) in [5.41, 5.74) is 2.71. The first-order valence-corrected chi connectivity index (χ1v) is 11.3. The molecule has 1 heterocycles. The first kappa shape index (κ1) is 22.1. The number of benzene rings is 1. The van der Waals surface area contributed by atoms with Crippen molar-refractivity contribution in [2.75, 3.05) is 17.7 Å². The van der Waals surface area contributed by atoms with Crippen molar-refractivity contribution in [1.29, 1.82) is 0 Å². The number of sulfone groups is 1. The van der Waals surface area contributed by atoms with Crippen LogP contribution in [-0.4, -0.2) is 60.5 Å². The lowest BCUT2D eigenvalue weighted by Crippen LogP contribution is -2.51. The van der Waals surface area contributed by atoms with Crippen LogP contribution in [0.3, 0.4) is 0 Å². The number of cyclic esters (lactones) is 1. The molecule has 0 spiro atoms. The molecule has 2 atom stereocenters. The van der Waals surface area contributed by atoms with E-state index in [9.17, 15) is 23.1 Å². The Bertz CT molecular complexity index is 990. The highest BCUT2D eigenvalue weighted by molar-refractivity contribution is 7.92. The molecule has 0 unspecified atom stereocenters. The highest BCUT2D eigenvalue weighted by Gasteiger charge is 2.48. The van der Waals surface area contributed by atoms with Crippen LogP contribution in [0.25, 0.3) is 0 Å². The summed E-state index contributed by atoms with van der Waals surface area (Å²) in [6.45, 7) is 1.24. The number of amides is 2. The number of carbonyl (C=O) groups is 2. The van der Waals surface area contributed by atoms with E-state index < -0.39 is 32.7 Å². The van der Waals surface area contributed by atoms with E-state index in [1.54, 1.807) is 24.3 Å². The molecule has 10 heteroatoms. The third-order valence-electron chi connectivity index (χ3n) is 5.60. The molecule has 2 aliphatic rings. The van der Waals surface area contributed by atoms with Crippen molar-refractivity contribution < 1.29 is 33.1 Å². The Morgan fingerprint density at radius 3 is 2.50 bits per heavy atom. The Labute approximate surface area is 174 Å². The van der Waals surface area contributed by atoms with Crippen molar-refractivity contribution in [3.63, 3.8) is 0 Å². The van der Waals surface area contributed by atoms with Gasteiger partial charge in [-0.2, -0.15) is 0 Å². The molecule has 0 bridgehead atoms. The minimum absolute atomic E-state index is 0.0631. The summed E-state index contributed by atoms with van der Waals surface area (Å²) in [5.74, 6) is 5.26. The molecule has 2 amide bonds. The number of nitrogens with one attached hydrogen (secondary N) is 1. The lowest BCUT2D eigenvalue weighted by atomic mass is 9.83. The van der Waals surface area contributed by atoms with Crippen molar-refractivity contribution in [3.05, 3.63) is 29.8 Å². The number of ether oxygens (including phenoxy) is 1. The molecule has 1 aliphatic carbocycles. The highest BCUT2D eigenvalue weighted by atomic mass is 32.2. The second kappa shape index (κ2) is 8.26. The summed E-state index contributed by atoms with van der Waals surface area (Å²) in [6.07, 6.45) is 0.216. The quantitative estimate of drug-likeness (QED) is 0.354. The zero-order valence-corrected chi connectivity index (χ0v) is 17.5. The molecule has 3 N–H and O–H groups in total. The Hall–Kier alpha value is -2.61. The highest BCUT2D eigenvalue weighted by Crippen LogP contribution is 2.30. The minimum atomic E-state index is -3.90. The maximum Gasteiger partial charge on any atom is 0.414 e. The SMILES string of the molecule is C[C@@](C[C@H]1CN(c2ccc(C#C[C@H]3C[C@H](O)C3)cc2)C(=O)O1)(C(=O)NO)S(C)(=O)=O. The Balaban J connectivity index is 1.69. The molecule has 2 fully saturated rings. The smallest absolute Gasteiger partial charge is 0.414 e. The first-order valence-electron chi connectivity index (χ1n) is 9.45. The fourth-order valence-electron chi connectivity index (χ4n) is 3.42. The van der Waals surface area contributed by atoms with Crippen LogP contribution in [0.2, 0.25) is 0 Å². The van der Waals surface area contributed by atoms with Gasteiger partial charge in [0.25, 0.3) is 5.91 Å². The van der Waals surface area contributed by atoms with Crippen LogP contribution in [0, 0.1) is 17.8 Å². The van der Waals surface area contributed by atoms with Crippen molar-refractivity contribution in [2.24, 2.45) is 5.92 Å². The molecule has 1 aliphatic heterocycles. The number of hydrogen-bond donors (Lipinski definition) is 3. The lowest BCUT2D eigenvalue weighted by Gasteiger charge is -2.26. The molecule has 9 nitrogen and oxygen atoms in total. The molecule has 3 rings (SSSR count). The molecule has 1 saturated carbocycles. The third-order valence-corrected chi connectivity index (χ3v) is 7.59. The normalized spacial score (nSPS) is 25.4. The van der Waals surface area contributed by atoms with Crippen molar-refractivity contribution in [1.82, 2.24) is 5.48 Å². The number of nitrogens with zero attached hydrogens (tertiary/aromatic N) is 1. The predicted octanol–water partition coefficient (Wildman–Crippen LogP) is 0.833. The van der Waals surface area contributed by atoms with Gasteiger partial charge in [0.1, 0.15) is 6.10 Å². The van der Waals surface area contributed by atoms with Gasteiger partial charge < -0.3 is 9.84 Å². The van der Waals surface area contributed by atoms with Gasteiger partial charge in [0.2, 0.25) is 0 Å². The molecule has 1 aromatic carbocycles. The van der Waals surface area contributed by atoms with Crippen LogP contribution in [0.1, 0.15) is 31.7 Å². The fraction of sp³-hybridized carbons (Fsp3) is 0.500. The Kier molecular flexibility index (Phi) is 6.08. The van der Waals surface area contributed by atoms with E-state index in [0.29, 0.717) is 18.5 Å². The molecule has 162 valence electrons. The van der Waals surface area contributed by atoms with Crippen molar-refractivity contribution >= 4 is 27.5 Å². The van der Waals surface area contributed by atoms with E-state index in [0.717, 1.165) is 11.8 Å². The van der Waals surface area contributed by atoms with Gasteiger partial charge in [-0.3, -0.25) is 14.9 Å². The maximum absolute atomic E-state index is 12.3. The zero-order valence-electron chi connectivity index (χ0n) is 16.7. The Morgan fingerprint density at radius 2 is 1.97 bits per heavy atom. The second-order valence-electron chi connectivity index (χ2n) is 7.90. The van der Waals surface area contributed by atoms with Crippen LogP contribution in [0.4, 0.5) is 10.5 Å². The molecule has 1 saturated heterocycles. The summed E-state index contributed by atoms with van der Waals surface area (Å²) in [4.78, 5) is 25.6. The third kappa shape index (κ3) is 4.43. The van der Waals surface area contributed by atoms with Gasteiger partial charge >= 0.3 is 6.09 Å². The summed E-state index contributed by atoms with van der Waals surface area (Å²) >= 11 is 0. The van der Waals surface area contributed by atoms with Gasteiger partial charge in [0.05, 0.1) is 12.6 Å². The van der Waals surface area contributed by atoms with E-state index in [1.807, 2.05) is 0 Å². The summed E-state index contributed by atoms with van der Waals surface area (Å²) in [7, 11) is -3.90. The summed E-state index contributed by atoms with van der Waals surface area (Å²) < 4.78 is 27.5. The van der Waals surface area contributed by atoms with E-state index in [2.05, 4.69) is 11.8 Å². The molecule has 30 heavy (non-hydrogen) atoms. The minimum Gasteiger partial charge on any atom is -0.444 e. The average Bonchev–Trinajstić information content (AvgIpc) is 3.03. The molecule has 0 aromatic heterocycles. The van der Waals surface area contributed by atoms with Crippen LogP contribution in [-0.2, 0) is 19.4 Å². The number of rotatable bonds is 5. The van der Waals surface area contributed by atoms with Gasteiger partial charge in [-0.25, -0.2) is 18.7 Å². The van der Waals surface area contributed by atoms with E-state index >= 15 is 0 Å². The first-order chi connectivity index (χ1) is 14.0. The number of anilines is 1. The number of hydroxylamine groups is 1. The fourth-order valence-corrected chi connectivity index (χ4v) is 4.29. The maximum atomic E-state index is 12.3.